The van der Waals surface area contributed by atoms with E-state index in [0.29, 0.717) is 24.4 Å². The molecule has 0 amide bonds. The highest BCUT2D eigenvalue weighted by Gasteiger charge is 2.35. The van der Waals surface area contributed by atoms with Gasteiger partial charge in [-0.3, -0.25) is 0 Å². The first-order valence-electron chi connectivity index (χ1n) is 10.2. The second-order valence-electron chi connectivity index (χ2n) is 8.05. The van der Waals surface area contributed by atoms with Crippen LogP contribution in [0.4, 0.5) is 5.82 Å². The van der Waals surface area contributed by atoms with E-state index in [1.807, 2.05) is 13.1 Å². The van der Waals surface area contributed by atoms with Gasteiger partial charge in [0, 0.05) is 50.5 Å². The number of piperidine rings is 1. The zero-order chi connectivity index (χ0) is 18.5. The molecule has 146 valence electrons. The molecule has 2 fully saturated rings. The number of likely N-dealkylation sites (tertiary alicyclic amines) is 1. The number of nitrogens with zero attached hydrogens (tertiary/aromatic N) is 4. The minimum absolute atomic E-state index is 0.238. The summed E-state index contributed by atoms with van der Waals surface area (Å²) in [5.41, 5.74) is 1.22. The van der Waals surface area contributed by atoms with Crippen molar-refractivity contribution in [2.75, 3.05) is 50.8 Å². The molecule has 2 atom stereocenters. The van der Waals surface area contributed by atoms with Crippen LogP contribution in [-0.2, 0) is 6.42 Å². The number of rotatable bonds is 7. The Morgan fingerprint density at radius 3 is 2.50 bits per heavy atom. The molecule has 26 heavy (non-hydrogen) atoms. The average molecular weight is 363 g/mol. The molecule has 1 aromatic heterocycles. The molecule has 2 saturated heterocycles. The molecule has 0 bridgehead atoms. The molecule has 0 saturated carbocycles. The highest BCUT2D eigenvalue weighted by molar-refractivity contribution is 5.47. The normalized spacial score (nSPS) is 25.2. The summed E-state index contributed by atoms with van der Waals surface area (Å²) in [7, 11) is 0. The van der Waals surface area contributed by atoms with Gasteiger partial charge in [0.15, 0.2) is 0 Å². The van der Waals surface area contributed by atoms with Crippen LogP contribution in [0.25, 0.3) is 0 Å². The molecule has 3 heterocycles. The molecule has 0 spiro atoms. The van der Waals surface area contributed by atoms with Crippen molar-refractivity contribution >= 4 is 5.82 Å². The Hall–Kier alpha value is -1.24. The molecule has 0 aliphatic carbocycles. The summed E-state index contributed by atoms with van der Waals surface area (Å²) in [6.45, 7) is 9.68. The summed E-state index contributed by atoms with van der Waals surface area (Å²) in [6.07, 6.45) is 6.22. The molecule has 2 N–H and O–H groups in total. The zero-order valence-electron chi connectivity index (χ0n) is 16.3. The number of aliphatic hydroxyl groups excluding tert-OH is 2. The molecule has 0 unspecified atom stereocenters. The van der Waals surface area contributed by atoms with Gasteiger partial charge < -0.3 is 20.0 Å². The standard InChI is InChI=1S/C20H34N4O2/c1-3-4-17-9-21-15(2)22-20(17)24-11-18(19(12-24)14-26)10-23-7-5-16(13-25)6-8-23/h9,16,18-19,25-26H,3-8,10-14H2,1-2H3/t18-,19-/m1/s1. The Bertz CT molecular complexity index is 575. The SMILES string of the molecule is CCCc1cnc(C)nc1N1C[C@@H](CN2CCC(CO)CC2)[C@@H](CO)C1. The third-order valence-corrected chi connectivity index (χ3v) is 6.05. The smallest absolute Gasteiger partial charge is 0.135 e. The first kappa shape index (κ1) is 19.5. The lowest BCUT2D eigenvalue weighted by atomic mass is 9.93. The molecule has 6 nitrogen and oxygen atoms in total. The molecule has 0 aromatic carbocycles. The van der Waals surface area contributed by atoms with Gasteiger partial charge in [-0.05, 0) is 51.1 Å². The van der Waals surface area contributed by atoms with E-state index in [9.17, 15) is 10.2 Å². The summed E-state index contributed by atoms with van der Waals surface area (Å²) >= 11 is 0. The maximum Gasteiger partial charge on any atom is 0.135 e. The van der Waals surface area contributed by atoms with Gasteiger partial charge in [-0.2, -0.15) is 0 Å². The quantitative estimate of drug-likeness (QED) is 0.766. The fourth-order valence-electron chi connectivity index (χ4n) is 4.41. The molecule has 2 aliphatic heterocycles. The summed E-state index contributed by atoms with van der Waals surface area (Å²) < 4.78 is 0. The van der Waals surface area contributed by atoms with E-state index in [1.165, 1.54) is 5.56 Å². The topological polar surface area (TPSA) is 72.7 Å². The predicted octanol–water partition coefficient (Wildman–Crippen LogP) is 1.49. The maximum absolute atomic E-state index is 9.93. The van der Waals surface area contributed by atoms with Crippen LogP contribution in [0.3, 0.4) is 0 Å². The van der Waals surface area contributed by atoms with E-state index >= 15 is 0 Å². The fourth-order valence-corrected chi connectivity index (χ4v) is 4.41. The van der Waals surface area contributed by atoms with Gasteiger partial charge in [-0.25, -0.2) is 9.97 Å². The largest absolute Gasteiger partial charge is 0.396 e. The van der Waals surface area contributed by atoms with Gasteiger partial charge in [0.2, 0.25) is 0 Å². The minimum atomic E-state index is 0.238. The van der Waals surface area contributed by atoms with E-state index in [1.54, 1.807) is 0 Å². The Balaban J connectivity index is 1.66. The molecule has 3 rings (SSSR count). The van der Waals surface area contributed by atoms with Crippen molar-refractivity contribution in [3.05, 3.63) is 17.6 Å². The molecule has 6 heteroatoms. The van der Waals surface area contributed by atoms with Crippen LogP contribution in [0, 0.1) is 24.7 Å². The highest BCUT2D eigenvalue weighted by atomic mass is 16.3. The fraction of sp³-hybridized carbons (Fsp3) is 0.800. The van der Waals surface area contributed by atoms with E-state index in [0.717, 1.165) is 70.0 Å². The number of aliphatic hydroxyl groups is 2. The van der Waals surface area contributed by atoms with E-state index < -0.39 is 0 Å². The third-order valence-electron chi connectivity index (χ3n) is 6.05. The Labute approximate surface area is 157 Å². The van der Waals surface area contributed by atoms with Crippen molar-refractivity contribution in [2.24, 2.45) is 17.8 Å². The number of anilines is 1. The van der Waals surface area contributed by atoms with Crippen molar-refractivity contribution in [2.45, 2.75) is 39.5 Å². The van der Waals surface area contributed by atoms with E-state index in [4.69, 9.17) is 4.98 Å². The van der Waals surface area contributed by atoms with Crippen molar-refractivity contribution < 1.29 is 10.2 Å². The molecule has 1 aromatic rings. The van der Waals surface area contributed by atoms with Gasteiger partial charge >= 0.3 is 0 Å². The van der Waals surface area contributed by atoms with Gasteiger partial charge in [0.05, 0.1) is 0 Å². The van der Waals surface area contributed by atoms with Crippen LogP contribution >= 0.6 is 0 Å². The summed E-state index contributed by atoms with van der Waals surface area (Å²) in [5, 5.41) is 19.3. The lowest BCUT2D eigenvalue weighted by molar-refractivity contribution is 0.106. The monoisotopic (exact) mass is 362 g/mol. The van der Waals surface area contributed by atoms with Crippen LogP contribution in [-0.4, -0.2) is 71.0 Å². The maximum atomic E-state index is 9.93. The van der Waals surface area contributed by atoms with Crippen LogP contribution in [0.5, 0.6) is 0 Å². The van der Waals surface area contributed by atoms with Crippen molar-refractivity contribution in [1.29, 1.82) is 0 Å². The van der Waals surface area contributed by atoms with Crippen LogP contribution in [0.1, 0.15) is 37.6 Å². The third kappa shape index (κ3) is 4.53. The second-order valence-corrected chi connectivity index (χ2v) is 8.05. The first-order chi connectivity index (χ1) is 12.6. The predicted molar refractivity (Wildman–Crippen MR) is 103 cm³/mol. The average Bonchev–Trinajstić information content (AvgIpc) is 3.06. The Morgan fingerprint density at radius 1 is 1.12 bits per heavy atom. The van der Waals surface area contributed by atoms with Crippen LogP contribution in [0.15, 0.2) is 6.20 Å². The molecular formula is C20H34N4O2. The number of aryl methyl sites for hydroxylation is 2. The number of hydrogen-bond donors (Lipinski definition) is 2. The molecule has 0 radical (unpaired) electrons. The van der Waals surface area contributed by atoms with Crippen molar-refractivity contribution in [3.63, 3.8) is 0 Å². The van der Waals surface area contributed by atoms with Gasteiger partial charge in [-0.1, -0.05) is 13.3 Å². The Morgan fingerprint density at radius 2 is 1.85 bits per heavy atom. The number of hydrogen-bond acceptors (Lipinski definition) is 6. The highest BCUT2D eigenvalue weighted by Crippen LogP contribution is 2.31. The molecular weight excluding hydrogens is 328 g/mol. The van der Waals surface area contributed by atoms with E-state index in [2.05, 4.69) is 21.7 Å². The van der Waals surface area contributed by atoms with Crippen molar-refractivity contribution in [3.8, 4) is 0 Å². The van der Waals surface area contributed by atoms with Gasteiger partial charge in [0.1, 0.15) is 11.6 Å². The van der Waals surface area contributed by atoms with Gasteiger partial charge in [-0.15, -0.1) is 0 Å². The number of aromatic nitrogens is 2. The lowest BCUT2D eigenvalue weighted by Crippen LogP contribution is -2.40. The summed E-state index contributed by atoms with van der Waals surface area (Å²) in [5.74, 6) is 3.13. The van der Waals surface area contributed by atoms with Crippen LogP contribution in [0.2, 0.25) is 0 Å². The zero-order valence-corrected chi connectivity index (χ0v) is 16.3. The summed E-state index contributed by atoms with van der Waals surface area (Å²) in [6, 6.07) is 0. The minimum Gasteiger partial charge on any atom is -0.396 e. The first-order valence-corrected chi connectivity index (χ1v) is 10.2. The van der Waals surface area contributed by atoms with Crippen LogP contribution < -0.4 is 4.90 Å². The van der Waals surface area contributed by atoms with E-state index in [-0.39, 0.29) is 6.61 Å². The summed E-state index contributed by atoms with van der Waals surface area (Å²) in [4.78, 5) is 14.0. The molecule has 2 aliphatic rings. The van der Waals surface area contributed by atoms with Crippen molar-refractivity contribution in [1.82, 2.24) is 14.9 Å². The second kappa shape index (κ2) is 9.11. The van der Waals surface area contributed by atoms with Gasteiger partial charge in [0.25, 0.3) is 0 Å². The Kier molecular flexibility index (Phi) is 6.84. The lowest BCUT2D eigenvalue weighted by Gasteiger charge is -2.33.